The Morgan fingerprint density at radius 1 is 0.622 bits per heavy atom. The summed E-state index contributed by atoms with van der Waals surface area (Å²) in [6.07, 6.45) is 21.0. The third-order valence-electron chi connectivity index (χ3n) is 9.14. The third kappa shape index (κ3) is 13.2. The second-order valence-electron chi connectivity index (χ2n) is 12.8. The molecule has 0 radical (unpaired) electrons. The van der Waals surface area contributed by atoms with Crippen LogP contribution in [0, 0.1) is 0 Å². The number of ether oxygens (including phenoxy) is 2. The van der Waals surface area contributed by atoms with Gasteiger partial charge < -0.3 is 9.47 Å². The minimum Gasteiger partial charge on any atom is -0.423 e. The van der Waals surface area contributed by atoms with E-state index in [0.29, 0.717) is 17.2 Å². The Kier molecular flexibility index (Phi) is 17.7. The van der Waals surface area contributed by atoms with E-state index in [0.717, 1.165) is 49.0 Å². The van der Waals surface area contributed by atoms with Crippen LogP contribution in [0.1, 0.15) is 164 Å². The maximum absolute atomic E-state index is 13.0. The molecule has 0 aliphatic rings. The molecule has 45 heavy (non-hydrogen) atoms. The molecule has 0 heterocycles. The predicted molar refractivity (Wildman–Crippen MR) is 191 cm³/mol. The molecule has 0 aromatic heterocycles. The number of carbonyl (C=O) groups is 1. The van der Waals surface area contributed by atoms with Gasteiger partial charge in [0.05, 0.1) is 11.7 Å². The number of hydrogen-bond donors (Lipinski definition) is 0. The van der Waals surface area contributed by atoms with Gasteiger partial charge in [0.1, 0.15) is 5.75 Å². The first-order valence-electron chi connectivity index (χ1n) is 18.2. The van der Waals surface area contributed by atoms with E-state index >= 15 is 0 Å². The molecule has 0 N–H and O–H groups in total. The maximum Gasteiger partial charge on any atom is 0.343 e. The van der Waals surface area contributed by atoms with Crippen LogP contribution in [0.3, 0.4) is 0 Å². The Balaban J connectivity index is 1.36. The Morgan fingerprint density at radius 2 is 1.16 bits per heavy atom. The van der Waals surface area contributed by atoms with Gasteiger partial charge in [-0.25, -0.2) is 4.79 Å². The highest BCUT2D eigenvalue weighted by molar-refractivity contribution is 5.91. The van der Waals surface area contributed by atoms with Crippen LogP contribution in [0.25, 0.3) is 11.1 Å². The number of benzene rings is 3. The lowest BCUT2D eigenvalue weighted by atomic mass is 9.91. The highest BCUT2D eigenvalue weighted by atomic mass is 16.5. The Morgan fingerprint density at radius 3 is 1.71 bits per heavy atom. The molecule has 0 aliphatic heterocycles. The van der Waals surface area contributed by atoms with Gasteiger partial charge in [0.25, 0.3) is 0 Å². The molecule has 0 bridgehead atoms. The van der Waals surface area contributed by atoms with Gasteiger partial charge in [-0.2, -0.15) is 0 Å². The molecule has 3 nitrogen and oxygen atoms in total. The zero-order chi connectivity index (χ0) is 32.1. The van der Waals surface area contributed by atoms with Crippen LogP contribution in [0.15, 0.2) is 72.8 Å². The molecule has 3 aromatic rings. The Labute approximate surface area is 275 Å². The van der Waals surface area contributed by atoms with Crippen molar-refractivity contribution in [1.29, 1.82) is 0 Å². The van der Waals surface area contributed by atoms with Crippen LogP contribution >= 0.6 is 0 Å². The fourth-order valence-electron chi connectivity index (χ4n) is 6.22. The van der Waals surface area contributed by atoms with Crippen LogP contribution in [0.4, 0.5) is 0 Å². The van der Waals surface area contributed by atoms with Gasteiger partial charge in [-0.15, -0.1) is 0 Å². The number of esters is 1. The Hall–Kier alpha value is -2.91. The van der Waals surface area contributed by atoms with Crippen molar-refractivity contribution in [1.82, 2.24) is 0 Å². The number of hydrogen-bond acceptors (Lipinski definition) is 3. The summed E-state index contributed by atoms with van der Waals surface area (Å²) in [6, 6.07) is 24.3. The summed E-state index contributed by atoms with van der Waals surface area (Å²) in [6.45, 7) is 9.63. The molecule has 0 saturated heterocycles. The van der Waals surface area contributed by atoms with E-state index in [9.17, 15) is 4.79 Å². The molecule has 0 saturated carbocycles. The van der Waals surface area contributed by atoms with Crippen LogP contribution in [0.5, 0.6) is 5.75 Å². The summed E-state index contributed by atoms with van der Waals surface area (Å²) in [4.78, 5) is 13.0. The molecule has 2 unspecified atom stereocenters. The molecule has 0 aliphatic carbocycles. The minimum absolute atomic E-state index is 0.0843. The molecule has 3 heteroatoms. The highest BCUT2D eigenvalue weighted by Gasteiger charge is 2.17. The monoisotopic (exact) mass is 612 g/mol. The zero-order valence-corrected chi connectivity index (χ0v) is 28.8. The Bertz CT molecular complexity index is 1200. The van der Waals surface area contributed by atoms with E-state index < -0.39 is 0 Å². The number of carbonyl (C=O) groups excluding carboxylic acids is 1. The first-order chi connectivity index (χ1) is 22.1. The van der Waals surface area contributed by atoms with Crippen LogP contribution in [-0.4, -0.2) is 12.6 Å². The van der Waals surface area contributed by atoms with Crippen molar-refractivity contribution in [3.63, 3.8) is 0 Å². The van der Waals surface area contributed by atoms with Gasteiger partial charge in [-0.3, -0.25) is 0 Å². The lowest BCUT2D eigenvalue weighted by Crippen LogP contribution is -2.11. The second-order valence-corrected chi connectivity index (χ2v) is 12.8. The van der Waals surface area contributed by atoms with Crippen molar-refractivity contribution in [2.45, 2.75) is 142 Å². The molecule has 3 rings (SSSR count). The van der Waals surface area contributed by atoms with Gasteiger partial charge in [-0.05, 0) is 72.6 Å². The standard InChI is InChI=1S/C42H60O3/c1-5-8-9-10-11-12-13-14-15-16-17-18-21-33-44-34(4)36-25-27-37(28-26-36)38-29-31-39(32-30-38)42(43)45-41-24-20-19-23-40(41)35(7-3)22-6-2/h19-20,23-32,34-35H,5-18,21-22,33H2,1-4H3. The summed E-state index contributed by atoms with van der Waals surface area (Å²) in [5.41, 5.74) is 5.07. The number of rotatable bonds is 23. The summed E-state index contributed by atoms with van der Waals surface area (Å²) in [5.74, 6) is 0.759. The van der Waals surface area contributed by atoms with E-state index in [1.807, 2.05) is 42.5 Å². The fraction of sp³-hybridized carbons (Fsp3) is 0.548. The molecule has 0 fully saturated rings. The average Bonchev–Trinajstić information content (AvgIpc) is 3.07. The van der Waals surface area contributed by atoms with Gasteiger partial charge in [0.15, 0.2) is 0 Å². The summed E-state index contributed by atoms with van der Waals surface area (Å²) in [7, 11) is 0. The summed E-state index contributed by atoms with van der Waals surface area (Å²) in [5, 5.41) is 0. The predicted octanol–water partition coefficient (Wildman–Crippen LogP) is 13.0. The SMILES string of the molecule is CCCCCCCCCCCCCCCOC(C)c1ccc(-c2ccc(C(=O)Oc3ccccc3C(CC)CCC)cc2)cc1. The zero-order valence-electron chi connectivity index (χ0n) is 28.8. The van der Waals surface area contributed by atoms with E-state index in [4.69, 9.17) is 9.47 Å². The number of unbranched alkanes of at least 4 members (excludes halogenated alkanes) is 12. The topological polar surface area (TPSA) is 35.5 Å². The van der Waals surface area contributed by atoms with Gasteiger partial charge >= 0.3 is 5.97 Å². The molecule has 2 atom stereocenters. The molecule has 3 aromatic carbocycles. The van der Waals surface area contributed by atoms with Crippen molar-refractivity contribution < 1.29 is 14.3 Å². The summed E-state index contributed by atoms with van der Waals surface area (Å²) < 4.78 is 12.0. The van der Waals surface area contributed by atoms with Crippen molar-refractivity contribution >= 4 is 5.97 Å². The van der Waals surface area contributed by atoms with Crippen LogP contribution in [-0.2, 0) is 4.74 Å². The van der Waals surface area contributed by atoms with Gasteiger partial charge in [-0.1, -0.05) is 159 Å². The second kappa shape index (κ2) is 21.8. The molecule has 0 amide bonds. The molecule has 246 valence electrons. The first kappa shape index (κ1) is 36.6. The fourth-order valence-corrected chi connectivity index (χ4v) is 6.22. The minimum atomic E-state index is -0.315. The molecular formula is C42H60O3. The van der Waals surface area contributed by atoms with Crippen LogP contribution < -0.4 is 4.74 Å². The average molecular weight is 613 g/mol. The normalized spacial score (nSPS) is 12.6. The van der Waals surface area contributed by atoms with Crippen LogP contribution in [0.2, 0.25) is 0 Å². The smallest absolute Gasteiger partial charge is 0.343 e. The van der Waals surface area contributed by atoms with E-state index in [1.54, 1.807) is 0 Å². The van der Waals surface area contributed by atoms with Crippen molar-refractivity contribution in [3.05, 3.63) is 89.5 Å². The third-order valence-corrected chi connectivity index (χ3v) is 9.14. The maximum atomic E-state index is 13.0. The molecular weight excluding hydrogens is 552 g/mol. The highest BCUT2D eigenvalue weighted by Crippen LogP contribution is 2.33. The number of para-hydroxylation sites is 1. The molecule has 0 spiro atoms. The van der Waals surface area contributed by atoms with Crippen molar-refractivity contribution in [2.24, 2.45) is 0 Å². The van der Waals surface area contributed by atoms with E-state index in [1.165, 1.54) is 82.6 Å². The summed E-state index contributed by atoms with van der Waals surface area (Å²) >= 11 is 0. The van der Waals surface area contributed by atoms with E-state index in [2.05, 4.69) is 58.0 Å². The lowest BCUT2D eigenvalue weighted by molar-refractivity contribution is 0.0627. The first-order valence-corrected chi connectivity index (χ1v) is 18.2. The van der Waals surface area contributed by atoms with Gasteiger partial charge in [0.2, 0.25) is 0 Å². The van der Waals surface area contributed by atoms with Crippen molar-refractivity contribution in [3.8, 4) is 16.9 Å². The van der Waals surface area contributed by atoms with Crippen molar-refractivity contribution in [2.75, 3.05) is 6.61 Å². The van der Waals surface area contributed by atoms with Gasteiger partial charge in [0, 0.05) is 6.61 Å². The quantitative estimate of drug-likeness (QED) is 0.0607. The van der Waals surface area contributed by atoms with E-state index in [-0.39, 0.29) is 12.1 Å². The largest absolute Gasteiger partial charge is 0.423 e. The lowest BCUT2D eigenvalue weighted by Gasteiger charge is -2.18.